The van der Waals surface area contributed by atoms with Crippen molar-refractivity contribution in [1.82, 2.24) is 10.2 Å². The van der Waals surface area contributed by atoms with E-state index >= 15 is 0 Å². The number of amides is 1. The van der Waals surface area contributed by atoms with Crippen molar-refractivity contribution in [2.75, 3.05) is 5.32 Å². The number of carbonyl (C=O) groups is 1. The number of H-pyrrole nitrogens is 1. The van der Waals surface area contributed by atoms with E-state index in [1.165, 1.54) is 17.3 Å². The van der Waals surface area contributed by atoms with E-state index in [1.54, 1.807) is 0 Å². The smallest absolute Gasteiger partial charge is 0.254 e. The average molecular weight is 292 g/mol. The molecule has 0 bridgehead atoms. The lowest BCUT2D eigenvalue weighted by Gasteiger charge is -2.07. The van der Waals surface area contributed by atoms with Gasteiger partial charge in [-0.3, -0.25) is 9.89 Å². The number of primary amides is 1. The van der Waals surface area contributed by atoms with Crippen LogP contribution in [0.4, 0.5) is 5.82 Å². The van der Waals surface area contributed by atoms with E-state index in [2.05, 4.69) is 51.9 Å². The van der Waals surface area contributed by atoms with Crippen molar-refractivity contribution in [2.24, 2.45) is 5.73 Å². The second kappa shape index (κ2) is 6.13. The largest absolute Gasteiger partial charge is 0.366 e. The van der Waals surface area contributed by atoms with Crippen LogP contribution in [0.5, 0.6) is 0 Å². The Hall–Kier alpha value is -3.08. The van der Waals surface area contributed by atoms with Crippen LogP contribution in [0.15, 0.2) is 60.8 Å². The van der Waals surface area contributed by atoms with Gasteiger partial charge in [0.15, 0.2) is 0 Å². The van der Waals surface area contributed by atoms with Crippen molar-refractivity contribution in [2.45, 2.75) is 6.54 Å². The minimum atomic E-state index is -0.504. The standard InChI is InChI=1S/C17H16N4O/c18-16(22)15-11-20-21-17(15)19-10-12-6-8-14(9-7-12)13-4-2-1-3-5-13/h1-9,11H,10H2,(H2,18,22)(H2,19,20,21). The minimum absolute atomic E-state index is 0.362. The molecule has 0 unspecified atom stereocenters. The van der Waals surface area contributed by atoms with Gasteiger partial charge in [0.2, 0.25) is 0 Å². The molecule has 0 aliphatic carbocycles. The lowest BCUT2D eigenvalue weighted by molar-refractivity contribution is 0.100. The Morgan fingerprint density at radius 1 is 1.05 bits per heavy atom. The van der Waals surface area contributed by atoms with Gasteiger partial charge in [-0.05, 0) is 16.7 Å². The first-order valence-corrected chi connectivity index (χ1v) is 6.95. The van der Waals surface area contributed by atoms with Gasteiger partial charge in [0, 0.05) is 6.54 Å². The maximum atomic E-state index is 11.2. The molecule has 5 heteroatoms. The molecule has 0 aliphatic heterocycles. The third kappa shape index (κ3) is 2.98. The first-order chi connectivity index (χ1) is 10.7. The Morgan fingerprint density at radius 2 is 1.73 bits per heavy atom. The van der Waals surface area contributed by atoms with Crippen LogP contribution in [-0.4, -0.2) is 16.1 Å². The van der Waals surface area contributed by atoms with Crippen molar-refractivity contribution in [1.29, 1.82) is 0 Å². The fourth-order valence-corrected chi connectivity index (χ4v) is 2.24. The van der Waals surface area contributed by atoms with Gasteiger partial charge in [-0.1, -0.05) is 54.6 Å². The molecule has 1 heterocycles. The van der Waals surface area contributed by atoms with Crippen molar-refractivity contribution in [3.63, 3.8) is 0 Å². The quantitative estimate of drug-likeness (QED) is 0.676. The summed E-state index contributed by atoms with van der Waals surface area (Å²) in [5, 5.41) is 9.68. The van der Waals surface area contributed by atoms with E-state index in [9.17, 15) is 4.79 Å². The van der Waals surface area contributed by atoms with Gasteiger partial charge in [0.25, 0.3) is 5.91 Å². The number of anilines is 1. The molecule has 0 spiro atoms. The lowest BCUT2D eigenvalue weighted by atomic mass is 10.0. The molecular weight excluding hydrogens is 276 g/mol. The van der Waals surface area contributed by atoms with E-state index in [0.29, 0.717) is 17.9 Å². The predicted octanol–water partition coefficient (Wildman–Crippen LogP) is 2.79. The Balaban J connectivity index is 1.69. The summed E-state index contributed by atoms with van der Waals surface area (Å²) in [6.07, 6.45) is 1.42. The number of hydrogen-bond acceptors (Lipinski definition) is 3. The molecule has 2 aromatic carbocycles. The van der Waals surface area contributed by atoms with E-state index in [0.717, 1.165) is 5.56 Å². The monoisotopic (exact) mass is 292 g/mol. The second-order valence-corrected chi connectivity index (χ2v) is 4.94. The van der Waals surface area contributed by atoms with E-state index in [1.807, 2.05) is 18.2 Å². The number of nitrogens with one attached hydrogen (secondary N) is 2. The van der Waals surface area contributed by atoms with Gasteiger partial charge in [-0.15, -0.1) is 0 Å². The van der Waals surface area contributed by atoms with Crippen LogP contribution in [-0.2, 0) is 6.54 Å². The number of benzene rings is 2. The van der Waals surface area contributed by atoms with Gasteiger partial charge in [-0.2, -0.15) is 5.10 Å². The molecule has 4 N–H and O–H groups in total. The van der Waals surface area contributed by atoms with Gasteiger partial charge in [-0.25, -0.2) is 0 Å². The fourth-order valence-electron chi connectivity index (χ4n) is 2.24. The van der Waals surface area contributed by atoms with Crippen molar-refractivity contribution >= 4 is 11.7 Å². The summed E-state index contributed by atoms with van der Waals surface area (Å²) >= 11 is 0. The number of hydrogen-bond donors (Lipinski definition) is 3. The highest BCUT2D eigenvalue weighted by Gasteiger charge is 2.09. The Bertz CT molecular complexity index is 763. The highest BCUT2D eigenvalue weighted by atomic mass is 16.1. The Kier molecular flexibility index (Phi) is 3.87. The highest BCUT2D eigenvalue weighted by molar-refractivity contribution is 5.97. The molecule has 1 aromatic heterocycles. The second-order valence-electron chi connectivity index (χ2n) is 4.94. The van der Waals surface area contributed by atoms with Crippen LogP contribution in [0.1, 0.15) is 15.9 Å². The molecule has 0 aliphatic rings. The summed E-state index contributed by atoms with van der Waals surface area (Å²) in [7, 11) is 0. The molecular formula is C17H16N4O. The molecule has 1 amide bonds. The molecule has 0 fully saturated rings. The SMILES string of the molecule is NC(=O)c1cn[nH]c1NCc1ccc(-c2ccccc2)cc1. The molecule has 5 nitrogen and oxygen atoms in total. The first-order valence-electron chi connectivity index (χ1n) is 6.95. The van der Waals surface area contributed by atoms with Crippen LogP contribution in [0, 0.1) is 0 Å². The normalized spacial score (nSPS) is 10.4. The number of nitrogens with zero attached hydrogens (tertiary/aromatic N) is 1. The van der Waals surface area contributed by atoms with Crippen LogP contribution >= 0.6 is 0 Å². The number of carbonyl (C=O) groups excluding carboxylic acids is 1. The number of aromatic nitrogens is 2. The topological polar surface area (TPSA) is 83.8 Å². The molecule has 3 aromatic rings. The van der Waals surface area contributed by atoms with Crippen molar-refractivity contribution < 1.29 is 4.79 Å². The van der Waals surface area contributed by atoms with E-state index < -0.39 is 5.91 Å². The van der Waals surface area contributed by atoms with Gasteiger partial charge in [0.1, 0.15) is 11.4 Å². The fraction of sp³-hybridized carbons (Fsp3) is 0.0588. The molecule has 0 atom stereocenters. The number of rotatable bonds is 5. The average Bonchev–Trinajstić information content (AvgIpc) is 3.03. The van der Waals surface area contributed by atoms with E-state index in [4.69, 9.17) is 5.73 Å². The lowest BCUT2D eigenvalue weighted by Crippen LogP contribution is -2.13. The van der Waals surface area contributed by atoms with E-state index in [-0.39, 0.29) is 0 Å². The maximum absolute atomic E-state index is 11.2. The third-order valence-electron chi connectivity index (χ3n) is 3.44. The number of nitrogens with two attached hydrogens (primary N) is 1. The molecule has 3 rings (SSSR count). The molecule has 22 heavy (non-hydrogen) atoms. The van der Waals surface area contributed by atoms with Crippen molar-refractivity contribution in [3.8, 4) is 11.1 Å². The minimum Gasteiger partial charge on any atom is -0.366 e. The highest BCUT2D eigenvalue weighted by Crippen LogP contribution is 2.19. The summed E-state index contributed by atoms with van der Waals surface area (Å²) < 4.78 is 0. The summed E-state index contributed by atoms with van der Waals surface area (Å²) in [5.74, 6) is 0.0373. The van der Waals surface area contributed by atoms with Gasteiger partial charge < -0.3 is 11.1 Å². The molecule has 0 radical (unpaired) electrons. The van der Waals surface area contributed by atoms with Crippen LogP contribution in [0.2, 0.25) is 0 Å². The molecule has 0 saturated heterocycles. The van der Waals surface area contributed by atoms with Crippen LogP contribution in [0.3, 0.4) is 0 Å². The molecule has 0 saturated carbocycles. The maximum Gasteiger partial charge on any atom is 0.254 e. The zero-order chi connectivity index (χ0) is 15.4. The molecule has 110 valence electrons. The summed E-state index contributed by atoms with van der Waals surface area (Å²) in [6.45, 7) is 0.581. The zero-order valence-corrected chi connectivity index (χ0v) is 11.9. The predicted molar refractivity (Wildman–Crippen MR) is 86.3 cm³/mol. The number of aromatic amines is 1. The zero-order valence-electron chi connectivity index (χ0n) is 11.9. The Labute approximate surface area is 128 Å². The van der Waals surface area contributed by atoms with Crippen LogP contribution in [0.25, 0.3) is 11.1 Å². The first kappa shape index (κ1) is 13.9. The van der Waals surface area contributed by atoms with Gasteiger partial charge >= 0.3 is 0 Å². The van der Waals surface area contributed by atoms with Crippen LogP contribution < -0.4 is 11.1 Å². The third-order valence-corrected chi connectivity index (χ3v) is 3.44. The summed E-state index contributed by atoms with van der Waals surface area (Å²) in [5.41, 5.74) is 9.09. The summed E-state index contributed by atoms with van der Waals surface area (Å²) in [4.78, 5) is 11.2. The summed E-state index contributed by atoms with van der Waals surface area (Å²) in [6, 6.07) is 18.5. The van der Waals surface area contributed by atoms with Gasteiger partial charge in [0.05, 0.1) is 6.20 Å². The Morgan fingerprint density at radius 3 is 2.41 bits per heavy atom. The van der Waals surface area contributed by atoms with Crippen molar-refractivity contribution in [3.05, 3.63) is 71.9 Å².